The van der Waals surface area contributed by atoms with E-state index < -0.39 is 0 Å². The number of methoxy groups -OCH3 is 1. The fourth-order valence-corrected chi connectivity index (χ4v) is 2.80. The number of amidine groups is 1. The Morgan fingerprint density at radius 1 is 1.00 bits per heavy atom. The summed E-state index contributed by atoms with van der Waals surface area (Å²) in [5, 5.41) is 0. The van der Waals surface area contributed by atoms with Gasteiger partial charge in [0.2, 0.25) is 0 Å². The van der Waals surface area contributed by atoms with Gasteiger partial charge in [-0.15, -0.1) is 0 Å². The Morgan fingerprint density at radius 3 is 2.30 bits per heavy atom. The molecule has 1 rings (SSSR count). The summed E-state index contributed by atoms with van der Waals surface area (Å²) in [5.41, 5.74) is 0. The van der Waals surface area contributed by atoms with Crippen LogP contribution in [0.25, 0.3) is 0 Å². The highest BCUT2D eigenvalue weighted by atomic mass is 16.5. The minimum absolute atomic E-state index is 0.816. The van der Waals surface area contributed by atoms with Crippen LogP contribution in [0.2, 0.25) is 0 Å². The third-order valence-electron chi connectivity index (χ3n) is 4.10. The molecule has 0 saturated heterocycles. The highest BCUT2D eigenvalue weighted by molar-refractivity contribution is 5.83. The highest BCUT2D eigenvalue weighted by Crippen LogP contribution is 2.13. The van der Waals surface area contributed by atoms with Crippen LogP contribution in [0.15, 0.2) is 4.99 Å². The van der Waals surface area contributed by atoms with Gasteiger partial charge in [0.1, 0.15) is 0 Å². The first kappa shape index (κ1) is 17.5. The van der Waals surface area contributed by atoms with Crippen LogP contribution in [-0.2, 0) is 4.74 Å². The van der Waals surface area contributed by atoms with Gasteiger partial charge in [-0.3, -0.25) is 4.99 Å². The van der Waals surface area contributed by atoms with Crippen molar-refractivity contribution in [1.29, 1.82) is 0 Å². The smallest absolute Gasteiger partial charge is 0.0991 e. The van der Waals surface area contributed by atoms with E-state index in [0.29, 0.717) is 0 Å². The normalized spacial score (nSPS) is 14.9. The number of nitrogens with zero attached hydrogens (tertiary/aromatic N) is 2. The molecule has 0 N–H and O–H groups in total. The van der Waals surface area contributed by atoms with E-state index in [1.54, 1.807) is 7.11 Å². The van der Waals surface area contributed by atoms with Gasteiger partial charge in [-0.25, -0.2) is 0 Å². The van der Waals surface area contributed by atoms with Gasteiger partial charge in [0.25, 0.3) is 0 Å². The molecule has 0 bridgehead atoms. The van der Waals surface area contributed by atoms with E-state index in [9.17, 15) is 0 Å². The van der Waals surface area contributed by atoms with Crippen LogP contribution in [0, 0.1) is 0 Å². The third-order valence-corrected chi connectivity index (χ3v) is 4.10. The molecule has 1 aliphatic heterocycles. The molecule has 0 unspecified atom stereocenters. The zero-order valence-electron chi connectivity index (χ0n) is 13.7. The molecule has 0 spiro atoms. The van der Waals surface area contributed by atoms with Crippen molar-refractivity contribution >= 4 is 5.84 Å². The van der Waals surface area contributed by atoms with Gasteiger partial charge >= 0.3 is 0 Å². The van der Waals surface area contributed by atoms with E-state index in [1.807, 2.05) is 0 Å². The van der Waals surface area contributed by atoms with E-state index in [0.717, 1.165) is 26.2 Å². The summed E-state index contributed by atoms with van der Waals surface area (Å²) in [6.07, 6.45) is 13.7. The lowest BCUT2D eigenvalue weighted by Crippen LogP contribution is -2.30. The van der Waals surface area contributed by atoms with Gasteiger partial charge in [0.05, 0.1) is 19.0 Å². The van der Waals surface area contributed by atoms with Crippen LogP contribution in [0.1, 0.15) is 71.1 Å². The Balaban J connectivity index is 1.93. The summed E-state index contributed by atoms with van der Waals surface area (Å²) in [5.74, 6) is 1.32. The fraction of sp³-hybridized carbons (Fsp3) is 0.941. The summed E-state index contributed by atoms with van der Waals surface area (Å²) >= 11 is 0. The number of unbranched alkanes of at least 4 members (excludes halogenated alkanes) is 8. The standard InChI is InChI=1S/C17H34N2O/c1-3-4-5-6-7-8-9-10-11-12-17-18-13-14-19(17)15-16-20-2/h3-16H2,1-2H3. The topological polar surface area (TPSA) is 24.8 Å². The molecule has 1 aliphatic rings. The third kappa shape index (κ3) is 7.88. The highest BCUT2D eigenvalue weighted by Gasteiger charge is 2.15. The Labute approximate surface area is 125 Å². The first-order chi connectivity index (χ1) is 9.88. The maximum atomic E-state index is 5.15. The van der Waals surface area contributed by atoms with E-state index >= 15 is 0 Å². The van der Waals surface area contributed by atoms with Crippen LogP contribution in [0.5, 0.6) is 0 Å². The molecule has 0 amide bonds. The summed E-state index contributed by atoms with van der Waals surface area (Å²) < 4.78 is 5.15. The van der Waals surface area contributed by atoms with Gasteiger partial charge in [-0.05, 0) is 6.42 Å². The van der Waals surface area contributed by atoms with Crippen LogP contribution < -0.4 is 0 Å². The maximum absolute atomic E-state index is 5.15. The zero-order valence-corrected chi connectivity index (χ0v) is 13.7. The average molecular weight is 282 g/mol. The minimum Gasteiger partial charge on any atom is -0.383 e. The lowest BCUT2D eigenvalue weighted by atomic mass is 10.1. The lowest BCUT2D eigenvalue weighted by molar-refractivity contribution is 0.178. The molecule has 0 aromatic carbocycles. The van der Waals surface area contributed by atoms with Gasteiger partial charge in [0, 0.05) is 26.6 Å². The molecule has 0 aliphatic carbocycles. The molecule has 0 saturated carbocycles. The van der Waals surface area contributed by atoms with Crippen molar-refractivity contribution in [3.63, 3.8) is 0 Å². The van der Waals surface area contributed by atoms with Crippen molar-refractivity contribution in [2.75, 3.05) is 33.4 Å². The number of aliphatic imine (C=N–C) groups is 1. The maximum Gasteiger partial charge on any atom is 0.0991 e. The summed E-state index contributed by atoms with van der Waals surface area (Å²) in [6.45, 7) is 6.18. The first-order valence-electron chi connectivity index (χ1n) is 8.65. The Morgan fingerprint density at radius 2 is 1.65 bits per heavy atom. The van der Waals surface area contributed by atoms with E-state index in [4.69, 9.17) is 4.74 Å². The van der Waals surface area contributed by atoms with Crippen LogP contribution in [-0.4, -0.2) is 44.1 Å². The molecule has 3 nitrogen and oxygen atoms in total. The Kier molecular flexibility index (Phi) is 10.7. The van der Waals surface area contributed by atoms with Crippen LogP contribution in [0.4, 0.5) is 0 Å². The predicted octanol–water partition coefficient (Wildman–Crippen LogP) is 4.27. The molecule has 0 radical (unpaired) electrons. The van der Waals surface area contributed by atoms with Crippen molar-refractivity contribution in [2.45, 2.75) is 71.1 Å². The molecular weight excluding hydrogens is 248 g/mol. The monoisotopic (exact) mass is 282 g/mol. The minimum atomic E-state index is 0.816. The van der Waals surface area contributed by atoms with Gasteiger partial charge < -0.3 is 9.64 Å². The molecule has 0 fully saturated rings. The molecular formula is C17H34N2O. The van der Waals surface area contributed by atoms with Gasteiger partial charge in [0.15, 0.2) is 0 Å². The Hall–Kier alpha value is -0.570. The van der Waals surface area contributed by atoms with Crippen LogP contribution in [0.3, 0.4) is 0 Å². The number of hydrogen-bond acceptors (Lipinski definition) is 3. The second-order valence-electron chi connectivity index (χ2n) is 5.86. The fourth-order valence-electron chi connectivity index (χ4n) is 2.80. The SMILES string of the molecule is CCCCCCCCCCCC1=NCCN1CCOC. The summed E-state index contributed by atoms with van der Waals surface area (Å²) in [7, 11) is 1.77. The van der Waals surface area contributed by atoms with Crippen molar-refractivity contribution in [1.82, 2.24) is 4.90 Å². The van der Waals surface area contributed by atoms with Gasteiger partial charge in [-0.1, -0.05) is 58.3 Å². The number of rotatable bonds is 13. The van der Waals surface area contributed by atoms with Crippen molar-refractivity contribution in [2.24, 2.45) is 4.99 Å². The molecule has 0 aromatic heterocycles. The average Bonchev–Trinajstić information content (AvgIpc) is 2.91. The zero-order chi connectivity index (χ0) is 14.5. The van der Waals surface area contributed by atoms with E-state index in [-0.39, 0.29) is 0 Å². The molecule has 20 heavy (non-hydrogen) atoms. The van der Waals surface area contributed by atoms with E-state index in [2.05, 4.69) is 16.8 Å². The van der Waals surface area contributed by atoms with Crippen molar-refractivity contribution in [3.8, 4) is 0 Å². The summed E-state index contributed by atoms with van der Waals surface area (Å²) in [4.78, 5) is 7.02. The van der Waals surface area contributed by atoms with Crippen molar-refractivity contribution < 1.29 is 4.74 Å². The second kappa shape index (κ2) is 12.2. The molecule has 1 heterocycles. The van der Waals surface area contributed by atoms with E-state index in [1.165, 1.54) is 70.0 Å². The van der Waals surface area contributed by atoms with Gasteiger partial charge in [-0.2, -0.15) is 0 Å². The molecule has 118 valence electrons. The number of ether oxygens (including phenoxy) is 1. The molecule has 0 atom stereocenters. The van der Waals surface area contributed by atoms with Crippen LogP contribution >= 0.6 is 0 Å². The quantitative estimate of drug-likeness (QED) is 0.471. The lowest BCUT2D eigenvalue weighted by Gasteiger charge is -2.19. The molecule has 0 aromatic rings. The second-order valence-corrected chi connectivity index (χ2v) is 5.86. The summed E-state index contributed by atoms with van der Waals surface area (Å²) in [6, 6.07) is 0. The predicted molar refractivity (Wildman–Crippen MR) is 87.6 cm³/mol. The molecule has 3 heteroatoms. The Bertz CT molecular complexity index is 253. The largest absolute Gasteiger partial charge is 0.383 e. The first-order valence-corrected chi connectivity index (χ1v) is 8.65. The number of hydrogen-bond donors (Lipinski definition) is 0. The van der Waals surface area contributed by atoms with Crippen molar-refractivity contribution in [3.05, 3.63) is 0 Å².